The fourth-order valence-corrected chi connectivity index (χ4v) is 3.04. The molecule has 124 valence electrons. The summed E-state index contributed by atoms with van der Waals surface area (Å²) in [6.45, 7) is 2.70. The van der Waals surface area contributed by atoms with Gasteiger partial charge in [-0.2, -0.15) is 0 Å². The van der Waals surface area contributed by atoms with E-state index in [2.05, 4.69) is 34.0 Å². The number of nitrogens with one attached hydrogen (secondary N) is 1. The van der Waals surface area contributed by atoms with E-state index in [0.29, 0.717) is 5.92 Å². The summed E-state index contributed by atoms with van der Waals surface area (Å²) in [7, 11) is 3.44. The zero-order chi connectivity index (χ0) is 16.1. The molecule has 1 fully saturated rings. The van der Waals surface area contributed by atoms with Gasteiger partial charge in [0.2, 0.25) is 0 Å². The molecule has 2 aromatic rings. The molecule has 23 heavy (non-hydrogen) atoms. The number of ether oxygens (including phenoxy) is 2. The van der Waals surface area contributed by atoms with Crippen LogP contribution >= 0.6 is 0 Å². The Bertz CT molecular complexity index is 611. The standard InChI is InChI=1S/C17H24N4O2/c1-22-14-5-3-13(4-6-14)8-10-21-12-16(19-20-21)15-7-9-18-11-17(15)23-2/h3-6,12,15,17-18H,7-11H2,1-2H3/t15-,17+/m1/s1. The molecule has 0 bridgehead atoms. The summed E-state index contributed by atoms with van der Waals surface area (Å²) in [5, 5.41) is 12.0. The van der Waals surface area contributed by atoms with E-state index < -0.39 is 0 Å². The summed E-state index contributed by atoms with van der Waals surface area (Å²) in [5.41, 5.74) is 2.30. The van der Waals surface area contributed by atoms with Crippen LogP contribution in [-0.2, 0) is 17.7 Å². The SMILES string of the molecule is COc1ccc(CCn2cc([C@H]3CCNC[C@@H]3OC)nn2)cc1. The molecule has 3 rings (SSSR count). The Morgan fingerprint density at radius 3 is 2.83 bits per heavy atom. The van der Waals surface area contributed by atoms with Crippen molar-refractivity contribution in [1.29, 1.82) is 0 Å². The average molecular weight is 316 g/mol. The number of methoxy groups -OCH3 is 2. The van der Waals surface area contributed by atoms with E-state index in [9.17, 15) is 0 Å². The predicted molar refractivity (Wildman–Crippen MR) is 87.7 cm³/mol. The number of rotatable bonds is 6. The van der Waals surface area contributed by atoms with Gasteiger partial charge in [-0.25, -0.2) is 0 Å². The van der Waals surface area contributed by atoms with Gasteiger partial charge < -0.3 is 14.8 Å². The van der Waals surface area contributed by atoms with Crippen molar-refractivity contribution in [3.8, 4) is 5.75 Å². The molecule has 6 heteroatoms. The van der Waals surface area contributed by atoms with Crippen LogP contribution in [0.2, 0.25) is 0 Å². The number of hydrogen-bond donors (Lipinski definition) is 1. The lowest BCUT2D eigenvalue weighted by Gasteiger charge is -2.29. The molecule has 2 heterocycles. The molecule has 1 saturated heterocycles. The minimum atomic E-state index is 0.176. The molecule has 1 aliphatic heterocycles. The minimum absolute atomic E-state index is 0.176. The maximum atomic E-state index is 5.57. The lowest BCUT2D eigenvalue weighted by Crippen LogP contribution is -2.40. The van der Waals surface area contributed by atoms with Gasteiger partial charge >= 0.3 is 0 Å². The molecule has 0 spiro atoms. The van der Waals surface area contributed by atoms with Gasteiger partial charge in [-0.3, -0.25) is 4.68 Å². The smallest absolute Gasteiger partial charge is 0.118 e. The molecular weight excluding hydrogens is 292 g/mol. The molecule has 0 radical (unpaired) electrons. The molecule has 0 aliphatic carbocycles. The van der Waals surface area contributed by atoms with Gasteiger partial charge in [0.15, 0.2) is 0 Å². The van der Waals surface area contributed by atoms with Crippen molar-refractivity contribution in [3.05, 3.63) is 41.7 Å². The summed E-state index contributed by atoms with van der Waals surface area (Å²) in [4.78, 5) is 0. The van der Waals surface area contributed by atoms with Gasteiger partial charge in [-0.05, 0) is 37.1 Å². The number of aromatic nitrogens is 3. The highest BCUT2D eigenvalue weighted by atomic mass is 16.5. The van der Waals surface area contributed by atoms with Gasteiger partial charge in [0, 0.05) is 32.3 Å². The summed E-state index contributed by atoms with van der Waals surface area (Å²) in [5.74, 6) is 1.21. The number of aryl methyl sites for hydroxylation is 2. The van der Waals surface area contributed by atoms with Gasteiger partial charge in [0.25, 0.3) is 0 Å². The molecule has 1 aromatic carbocycles. The molecule has 0 amide bonds. The van der Waals surface area contributed by atoms with E-state index in [1.807, 2.05) is 16.8 Å². The van der Waals surface area contributed by atoms with Crippen LogP contribution in [0.15, 0.2) is 30.5 Å². The van der Waals surface area contributed by atoms with Gasteiger partial charge in [-0.1, -0.05) is 17.3 Å². The number of hydrogen-bond acceptors (Lipinski definition) is 5. The third kappa shape index (κ3) is 3.89. The number of piperidine rings is 1. The maximum Gasteiger partial charge on any atom is 0.118 e. The second-order valence-corrected chi connectivity index (χ2v) is 5.88. The van der Waals surface area contributed by atoms with Crippen molar-refractivity contribution < 1.29 is 9.47 Å². The van der Waals surface area contributed by atoms with Crippen molar-refractivity contribution in [2.45, 2.75) is 31.4 Å². The van der Waals surface area contributed by atoms with E-state index in [1.165, 1.54) is 5.56 Å². The average Bonchev–Trinajstić information content (AvgIpc) is 3.09. The Kier molecular flexibility index (Phi) is 5.25. The molecule has 2 atom stereocenters. The van der Waals surface area contributed by atoms with Crippen LogP contribution in [0, 0.1) is 0 Å². The molecule has 0 saturated carbocycles. The summed E-state index contributed by atoms with van der Waals surface area (Å²) in [6, 6.07) is 8.15. The quantitative estimate of drug-likeness (QED) is 0.877. The maximum absolute atomic E-state index is 5.57. The Hall–Kier alpha value is -1.92. The van der Waals surface area contributed by atoms with Crippen molar-refractivity contribution in [2.75, 3.05) is 27.3 Å². The molecule has 6 nitrogen and oxygen atoms in total. The largest absolute Gasteiger partial charge is 0.497 e. The monoisotopic (exact) mass is 316 g/mol. The van der Waals surface area contributed by atoms with Crippen LogP contribution in [0.1, 0.15) is 23.6 Å². The number of nitrogens with zero attached hydrogens (tertiary/aromatic N) is 3. The Morgan fingerprint density at radius 2 is 2.09 bits per heavy atom. The topological polar surface area (TPSA) is 61.2 Å². The van der Waals surface area contributed by atoms with Gasteiger partial charge in [-0.15, -0.1) is 5.10 Å². The van der Waals surface area contributed by atoms with Crippen LogP contribution < -0.4 is 10.1 Å². The fraction of sp³-hybridized carbons (Fsp3) is 0.529. The first kappa shape index (κ1) is 16.0. The first-order valence-corrected chi connectivity index (χ1v) is 8.06. The second kappa shape index (κ2) is 7.57. The Labute approximate surface area is 136 Å². The predicted octanol–water partition coefficient (Wildman–Crippen LogP) is 1.62. The summed E-state index contributed by atoms with van der Waals surface area (Å²) >= 11 is 0. The Morgan fingerprint density at radius 1 is 1.26 bits per heavy atom. The lowest BCUT2D eigenvalue weighted by atomic mass is 9.92. The number of benzene rings is 1. The normalized spacial score (nSPS) is 21.3. The van der Waals surface area contributed by atoms with Crippen LogP contribution in [0.5, 0.6) is 5.75 Å². The minimum Gasteiger partial charge on any atom is -0.497 e. The zero-order valence-corrected chi connectivity index (χ0v) is 13.7. The van der Waals surface area contributed by atoms with Gasteiger partial charge in [0.1, 0.15) is 5.75 Å². The molecule has 0 unspecified atom stereocenters. The van der Waals surface area contributed by atoms with Crippen LogP contribution in [0.4, 0.5) is 0 Å². The van der Waals surface area contributed by atoms with E-state index >= 15 is 0 Å². The first-order valence-electron chi connectivity index (χ1n) is 8.06. The van der Waals surface area contributed by atoms with E-state index in [1.54, 1.807) is 14.2 Å². The van der Waals surface area contributed by atoms with E-state index in [0.717, 1.165) is 43.9 Å². The van der Waals surface area contributed by atoms with Crippen LogP contribution in [0.3, 0.4) is 0 Å². The Balaban J connectivity index is 1.60. The highest BCUT2D eigenvalue weighted by Crippen LogP contribution is 2.25. The molecule has 1 aliphatic rings. The lowest BCUT2D eigenvalue weighted by molar-refractivity contribution is 0.0612. The molecule has 1 aromatic heterocycles. The van der Waals surface area contributed by atoms with E-state index in [4.69, 9.17) is 9.47 Å². The van der Waals surface area contributed by atoms with Crippen molar-refractivity contribution in [3.63, 3.8) is 0 Å². The summed E-state index contributed by atoms with van der Waals surface area (Å²) < 4.78 is 12.7. The van der Waals surface area contributed by atoms with Gasteiger partial charge in [0.05, 0.1) is 18.9 Å². The van der Waals surface area contributed by atoms with Crippen molar-refractivity contribution in [2.24, 2.45) is 0 Å². The van der Waals surface area contributed by atoms with E-state index in [-0.39, 0.29) is 6.10 Å². The first-order chi connectivity index (χ1) is 11.3. The third-order valence-electron chi connectivity index (χ3n) is 4.45. The van der Waals surface area contributed by atoms with Crippen LogP contribution in [0.25, 0.3) is 0 Å². The van der Waals surface area contributed by atoms with Crippen molar-refractivity contribution >= 4 is 0 Å². The molecule has 1 N–H and O–H groups in total. The fourth-order valence-electron chi connectivity index (χ4n) is 3.04. The highest BCUT2D eigenvalue weighted by molar-refractivity contribution is 5.27. The zero-order valence-electron chi connectivity index (χ0n) is 13.7. The third-order valence-corrected chi connectivity index (χ3v) is 4.45. The molecular formula is C17H24N4O2. The highest BCUT2D eigenvalue weighted by Gasteiger charge is 2.28. The summed E-state index contributed by atoms with van der Waals surface area (Å²) in [6.07, 6.45) is 4.20. The van der Waals surface area contributed by atoms with Crippen molar-refractivity contribution in [1.82, 2.24) is 20.3 Å². The van der Waals surface area contributed by atoms with Crippen LogP contribution in [-0.4, -0.2) is 48.4 Å². The second-order valence-electron chi connectivity index (χ2n) is 5.88.